The lowest BCUT2D eigenvalue weighted by Crippen LogP contribution is -2.29. The van der Waals surface area contributed by atoms with Crippen LogP contribution in [-0.4, -0.2) is 18.6 Å². The topological polar surface area (TPSA) is 15.3 Å². The molecular formula is C12H24N2. The van der Waals surface area contributed by atoms with Gasteiger partial charge in [-0.3, -0.25) is 0 Å². The first-order valence-electron chi connectivity index (χ1n) is 5.42. The molecule has 82 valence electrons. The van der Waals surface area contributed by atoms with Crippen molar-refractivity contribution in [2.75, 3.05) is 13.7 Å². The minimum absolute atomic E-state index is 0.817. The van der Waals surface area contributed by atoms with Gasteiger partial charge in [0.25, 0.3) is 0 Å². The van der Waals surface area contributed by atoms with Gasteiger partial charge in [-0.1, -0.05) is 39.8 Å². The Morgan fingerprint density at radius 3 is 2.21 bits per heavy atom. The van der Waals surface area contributed by atoms with Crippen LogP contribution >= 0.6 is 0 Å². The maximum Gasteiger partial charge on any atom is 0.0867 e. The van der Waals surface area contributed by atoms with Crippen LogP contribution in [0.4, 0.5) is 0 Å². The number of allylic oxidation sites excluding steroid dienone is 2. The first-order chi connectivity index (χ1) is 6.61. The third-order valence-corrected chi connectivity index (χ3v) is 2.20. The van der Waals surface area contributed by atoms with Gasteiger partial charge in [-0.05, 0) is 12.8 Å². The molecule has 0 amide bonds. The van der Waals surface area contributed by atoms with Crippen LogP contribution in [0.2, 0.25) is 0 Å². The molecule has 0 heterocycles. The molecule has 0 unspecified atom stereocenters. The van der Waals surface area contributed by atoms with Crippen molar-refractivity contribution in [1.82, 2.24) is 10.2 Å². The summed E-state index contributed by atoms with van der Waals surface area (Å²) in [5.74, 6) is 0. The second-order valence-corrected chi connectivity index (χ2v) is 3.70. The van der Waals surface area contributed by atoms with E-state index in [0.29, 0.717) is 0 Å². The molecule has 0 aromatic rings. The highest BCUT2D eigenvalue weighted by molar-refractivity contribution is 4.95. The Labute approximate surface area is 88.7 Å². The predicted octanol–water partition coefficient (Wildman–Crippen LogP) is 3.09. The summed E-state index contributed by atoms with van der Waals surface area (Å²) in [6, 6.07) is 0. The third-order valence-electron chi connectivity index (χ3n) is 2.20. The zero-order chi connectivity index (χ0) is 11.0. The van der Waals surface area contributed by atoms with E-state index in [1.807, 2.05) is 0 Å². The summed E-state index contributed by atoms with van der Waals surface area (Å²) >= 11 is 0. The Kier molecular flexibility index (Phi) is 6.99. The van der Waals surface area contributed by atoms with E-state index in [1.165, 1.54) is 5.70 Å². The van der Waals surface area contributed by atoms with Crippen molar-refractivity contribution in [2.45, 2.75) is 39.5 Å². The van der Waals surface area contributed by atoms with Gasteiger partial charge in [0.15, 0.2) is 0 Å². The van der Waals surface area contributed by atoms with Crippen molar-refractivity contribution < 1.29 is 0 Å². The SMILES string of the molecule is C=C(CCC)NCN(C)C(=C)CCC. The van der Waals surface area contributed by atoms with Crippen molar-refractivity contribution in [3.05, 3.63) is 24.6 Å². The van der Waals surface area contributed by atoms with Crippen LogP contribution in [-0.2, 0) is 0 Å². The molecule has 0 saturated carbocycles. The molecule has 0 saturated heterocycles. The Bertz CT molecular complexity index is 185. The highest BCUT2D eigenvalue weighted by atomic mass is 15.2. The van der Waals surface area contributed by atoms with Crippen LogP contribution in [0.5, 0.6) is 0 Å². The normalized spacial score (nSPS) is 9.64. The zero-order valence-electron chi connectivity index (χ0n) is 9.90. The molecule has 0 atom stereocenters. The molecule has 0 aromatic heterocycles. The van der Waals surface area contributed by atoms with E-state index in [4.69, 9.17) is 0 Å². The van der Waals surface area contributed by atoms with Gasteiger partial charge in [-0.25, -0.2) is 0 Å². The quantitative estimate of drug-likeness (QED) is 0.600. The van der Waals surface area contributed by atoms with Crippen LogP contribution in [0.25, 0.3) is 0 Å². The molecule has 0 bridgehead atoms. The lowest BCUT2D eigenvalue weighted by molar-refractivity contribution is 0.379. The van der Waals surface area contributed by atoms with Gasteiger partial charge < -0.3 is 10.2 Å². The largest absolute Gasteiger partial charge is 0.372 e. The van der Waals surface area contributed by atoms with Gasteiger partial charge in [0.1, 0.15) is 0 Å². The van der Waals surface area contributed by atoms with Crippen molar-refractivity contribution in [1.29, 1.82) is 0 Å². The Morgan fingerprint density at radius 2 is 1.71 bits per heavy atom. The van der Waals surface area contributed by atoms with Gasteiger partial charge in [0.2, 0.25) is 0 Å². The maximum absolute atomic E-state index is 4.02. The number of hydrogen-bond acceptors (Lipinski definition) is 2. The average molecular weight is 196 g/mol. The van der Waals surface area contributed by atoms with E-state index in [1.54, 1.807) is 0 Å². The molecule has 0 aliphatic carbocycles. The lowest BCUT2D eigenvalue weighted by Gasteiger charge is -2.23. The molecule has 0 aromatic carbocycles. The number of nitrogens with one attached hydrogen (secondary N) is 1. The Hall–Kier alpha value is -0.920. The molecule has 0 radical (unpaired) electrons. The summed E-state index contributed by atoms with van der Waals surface area (Å²) in [6.07, 6.45) is 4.41. The zero-order valence-corrected chi connectivity index (χ0v) is 9.90. The summed E-state index contributed by atoms with van der Waals surface area (Å²) in [5.41, 5.74) is 2.30. The molecule has 2 nitrogen and oxygen atoms in total. The van der Waals surface area contributed by atoms with Crippen LogP contribution < -0.4 is 5.32 Å². The fourth-order valence-corrected chi connectivity index (χ4v) is 1.21. The number of nitrogens with zero attached hydrogens (tertiary/aromatic N) is 1. The molecule has 14 heavy (non-hydrogen) atoms. The first kappa shape index (κ1) is 13.1. The molecule has 0 spiro atoms. The van der Waals surface area contributed by atoms with Crippen LogP contribution in [0.15, 0.2) is 24.6 Å². The molecule has 0 aliphatic rings. The fourth-order valence-electron chi connectivity index (χ4n) is 1.21. The Morgan fingerprint density at radius 1 is 1.14 bits per heavy atom. The summed E-state index contributed by atoms with van der Waals surface area (Å²) < 4.78 is 0. The van der Waals surface area contributed by atoms with Crippen LogP contribution in [0.3, 0.4) is 0 Å². The number of hydrogen-bond donors (Lipinski definition) is 1. The van der Waals surface area contributed by atoms with E-state index < -0.39 is 0 Å². The molecular weight excluding hydrogens is 172 g/mol. The van der Waals surface area contributed by atoms with E-state index in [0.717, 1.165) is 38.0 Å². The van der Waals surface area contributed by atoms with Crippen molar-refractivity contribution in [3.8, 4) is 0 Å². The van der Waals surface area contributed by atoms with Crippen molar-refractivity contribution >= 4 is 0 Å². The van der Waals surface area contributed by atoms with Gasteiger partial charge in [-0.15, -0.1) is 0 Å². The minimum atomic E-state index is 0.817. The van der Waals surface area contributed by atoms with Gasteiger partial charge in [0, 0.05) is 18.4 Å². The summed E-state index contributed by atoms with van der Waals surface area (Å²) in [7, 11) is 2.06. The summed E-state index contributed by atoms with van der Waals surface area (Å²) in [4.78, 5) is 2.14. The maximum atomic E-state index is 4.02. The standard InChI is InChI=1S/C12H24N2/c1-6-8-11(3)13-10-14(5)12(4)9-7-2/h13H,3-4,6-10H2,1-2,5H3. The predicted molar refractivity (Wildman–Crippen MR) is 63.9 cm³/mol. The second kappa shape index (κ2) is 7.48. The average Bonchev–Trinajstić information content (AvgIpc) is 2.15. The highest BCUT2D eigenvalue weighted by Crippen LogP contribution is 2.06. The monoisotopic (exact) mass is 196 g/mol. The van der Waals surface area contributed by atoms with Gasteiger partial charge in [0.05, 0.1) is 6.67 Å². The minimum Gasteiger partial charge on any atom is -0.372 e. The Balaban J connectivity index is 3.67. The fraction of sp³-hybridized carbons (Fsp3) is 0.667. The summed E-state index contributed by atoms with van der Waals surface area (Å²) in [5, 5.41) is 3.29. The third kappa shape index (κ3) is 5.68. The first-order valence-corrected chi connectivity index (χ1v) is 5.42. The summed E-state index contributed by atoms with van der Waals surface area (Å²) in [6.45, 7) is 13.1. The highest BCUT2D eigenvalue weighted by Gasteiger charge is 2.00. The van der Waals surface area contributed by atoms with E-state index in [9.17, 15) is 0 Å². The number of rotatable bonds is 8. The smallest absolute Gasteiger partial charge is 0.0867 e. The molecule has 0 fully saturated rings. The van der Waals surface area contributed by atoms with Crippen LogP contribution in [0, 0.1) is 0 Å². The molecule has 0 aliphatic heterocycles. The molecule has 1 N–H and O–H groups in total. The lowest BCUT2D eigenvalue weighted by atomic mass is 10.2. The van der Waals surface area contributed by atoms with Gasteiger partial charge in [-0.2, -0.15) is 0 Å². The van der Waals surface area contributed by atoms with E-state index in [2.05, 4.69) is 44.3 Å². The van der Waals surface area contributed by atoms with Crippen molar-refractivity contribution in [2.24, 2.45) is 0 Å². The molecule has 0 rings (SSSR count). The van der Waals surface area contributed by atoms with Crippen LogP contribution in [0.1, 0.15) is 39.5 Å². The van der Waals surface area contributed by atoms with Gasteiger partial charge >= 0.3 is 0 Å². The molecule has 2 heteroatoms. The van der Waals surface area contributed by atoms with E-state index >= 15 is 0 Å². The van der Waals surface area contributed by atoms with Crippen molar-refractivity contribution in [3.63, 3.8) is 0 Å². The van der Waals surface area contributed by atoms with E-state index in [-0.39, 0.29) is 0 Å². The second-order valence-electron chi connectivity index (χ2n) is 3.70.